The highest BCUT2D eigenvalue weighted by molar-refractivity contribution is 7.89. The van der Waals surface area contributed by atoms with Crippen LogP contribution < -0.4 is 10.5 Å². The van der Waals surface area contributed by atoms with Crippen molar-refractivity contribution in [2.75, 3.05) is 6.54 Å². The molecule has 0 bridgehead atoms. The molecule has 1 aliphatic rings. The molecular weight excluding hydrogens is 358 g/mol. The van der Waals surface area contributed by atoms with E-state index >= 15 is 0 Å². The van der Waals surface area contributed by atoms with Gasteiger partial charge in [-0.05, 0) is 29.8 Å². The Bertz CT molecular complexity index is 964. The zero-order valence-electron chi connectivity index (χ0n) is 13.5. The molecular formula is C17H15N3O5S. The van der Waals surface area contributed by atoms with Crippen molar-refractivity contribution in [3.8, 4) is 0 Å². The Morgan fingerprint density at radius 1 is 0.962 bits per heavy atom. The number of benzene rings is 2. The molecule has 1 aliphatic heterocycles. The predicted molar refractivity (Wildman–Crippen MR) is 91.5 cm³/mol. The molecule has 9 heteroatoms. The van der Waals surface area contributed by atoms with E-state index in [1.807, 2.05) is 0 Å². The highest BCUT2D eigenvalue weighted by Gasteiger charge is 2.36. The third-order valence-electron chi connectivity index (χ3n) is 3.92. The van der Waals surface area contributed by atoms with Crippen LogP contribution in [0.3, 0.4) is 0 Å². The number of carbonyl (C=O) groups excluding carboxylic acids is 3. The van der Waals surface area contributed by atoms with E-state index in [0.29, 0.717) is 5.56 Å². The second-order valence-corrected chi connectivity index (χ2v) is 7.27. The first-order valence-electron chi connectivity index (χ1n) is 7.61. The minimum Gasteiger partial charge on any atom is -0.350 e. The highest BCUT2D eigenvalue weighted by Crippen LogP contribution is 2.21. The number of nitrogens with zero attached hydrogens (tertiary/aromatic N) is 1. The van der Waals surface area contributed by atoms with Crippen LogP contribution in [0.5, 0.6) is 0 Å². The van der Waals surface area contributed by atoms with Gasteiger partial charge in [0.1, 0.15) is 6.54 Å². The maximum Gasteiger partial charge on any atom is 0.262 e. The molecule has 0 saturated carbocycles. The highest BCUT2D eigenvalue weighted by atomic mass is 32.2. The van der Waals surface area contributed by atoms with Gasteiger partial charge in [0.05, 0.1) is 16.0 Å². The lowest BCUT2D eigenvalue weighted by molar-refractivity contribution is -0.121. The van der Waals surface area contributed by atoms with E-state index in [9.17, 15) is 22.8 Å². The Hall–Kier alpha value is -3.04. The average Bonchev–Trinajstić information content (AvgIpc) is 2.85. The summed E-state index contributed by atoms with van der Waals surface area (Å²) in [5.41, 5.74) is 1.21. The normalized spacial score (nSPS) is 13.7. The number of carbonyl (C=O) groups is 3. The van der Waals surface area contributed by atoms with E-state index in [-0.39, 0.29) is 29.1 Å². The first kappa shape index (κ1) is 17.8. The Morgan fingerprint density at radius 3 is 2.00 bits per heavy atom. The summed E-state index contributed by atoms with van der Waals surface area (Å²) in [7, 11) is -3.77. The lowest BCUT2D eigenvalue weighted by Crippen LogP contribution is -2.40. The molecule has 1 heterocycles. The second kappa shape index (κ2) is 6.70. The fourth-order valence-corrected chi connectivity index (χ4v) is 3.10. The van der Waals surface area contributed by atoms with Crippen LogP contribution >= 0.6 is 0 Å². The standard InChI is InChI=1S/C17H15N3O5S/c18-26(24,25)12-7-5-11(6-8-12)9-19-15(21)10-20-16(22)13-3-1-2-4-14(13)17(20)23/h1-8H,9-10H2,(H,19,21)(H2,18,24,25). The van der Waals surface area contributed by atoms with E-state index in [1.54, 1.807) is 24.3 Å². The van der Waals surface area contributed by atoms with Crippen molar-refractivity contribution in [1.29, 1.82) is 0 Å². The molecule has 2 aromatic carbocycles. The van der Waals surface area contributed by atoms with E-state index < -0.39 is 27.7 Å². The SMILES string of the molecule is NS(=O)(=O)c1ccc(CNC(=O)CN2C(=O)c3ccccc3C2=O)cc1. The zero-order valence-corrected chi connectivity index (χ0v) is 14.3. The van der Waals surface area contributed by atoms with Crippen molar-refractivity contribution in [1.82, 2.24) is 10.2 Å². The van der Waals surface area contributed by atoms with Crippen LogP contribution in [-0.2, 0) is 21.4 Å². The van der Waals surface area contributed by atoms with E-state index in [0.717, 1.165) is 4.90 Å². The fraction of sp³-hybridized carbons (Fsp3) is 0.118. The topological polar surface area (TPSA) is 127 Å². The minimum atomic E-state index is -3.77. The first-order valence-corrected chi connectivity index (χ1v) is 9.15. The molecule has 8 nitrogen and oxygen atoms in total. The van der Waals surface area contributed by atoms with Crippen molar-refractivity contribution in [2.45, 2.75) is 11.4 Å². The Kier molecular flexibility index (Phi) is 4.58. The van der Waals surface area contributed by atoms with E-state index in [2.05, 4.69) is 5.32 Å². The molecule has 0 spiro atoms. The monoisotopic (exact) mass is 373 g/mol. The van der Waals surface area contributed by atoms with Crippen LogP contribution in [0.15, 0.2) is 53.4 Å². The summed E-state index contributed by atoms with van der Waals surface area (Å²) in [5, 5.41) is 7.60. The molecule has 2 aromatic rings. The zero-order chi connectivity index (χ0) is 18.9. The van der Waals surface area contributed by atoms with E-state index in [4.69, 9.17) is 5.14 Å². The summed E-state index contributed by atoms with van der Waals surface area (Å²) in [4.78, 5) is 37.3. The van der Waals surface area contributed by atoms with Gasteiger partial charge in [-0.25, -0.2) is 13.6 Å². The van der Waals surface area contributed by atoms with Gasteiger partial charge < -0.3 is 5.32 Å². The first-order chi connectivity index (χ1) is 12.3. The van der Waals surface area contributed by atoms with Gasteiger partial charge in [0, 0.05) is 6.54 Å². The largest absolute Gasteiger partial charge is 0.350 e. The average molecular weight is 373 g/mol. The van der Waals surface area contributed by atoms with Gasteiger partial charge in [0.25, 0.3) is 11.8 Å². The van der Waals surface area contributed by atoms with Gasteiger partial charge in [0.2, 0.25) is 15.9 Å². The summed E-state index contributed by atoms with van der Waals surface area (Å²) in [6.45, 7) is -0.269. The molecule has 0 saturated heterocycles. The molecule has 0 atom stereocenters. The third kappa shape index (κ3) is 3.48. The van der Waals surface area contributed by atoms with Gasteiger partial charge in [-0.15, -0.1) is 0 Å². The number of nitrogens with one attached hydrogen (secondary N) is 1. The van der Waals surface area contributed by atoms with Crippen LogP contribution in [0.25, 0.3) is 0 Å². The van der Waals surface area contributed by atoms with Gasteiger partial charge in [0.15, 0.2) is 0 Å². The molecule has 0 radical (unpaired) electrons. The summed E-state index contributed by atoms with van der Waals surface area (Å²) in [6.07, 6.45) is 0. The van der Waals surface area contributed by atoms with Crippen LogP contribution in [0, 0.1) is 0 Å². The van der Waals surface area contributed by atoms with Crippen molar-refractivity contribution < 1.29 is 22.8 Å². The van der Waals surface area contributed by atoms with Crippen LogP contribution in [0.1, 0.15) is 26.3 Å². The molecule has 3 rings (SSSR count). The summed E-state index contributed by atoms with van der Waals surface area (Å²) >= 11 is 0. The summed E-state index contributed by atoms with van der Waals surface area (Å²) in [6, 6.07) is 12.1. The van der Waals surface area contributed by atoms with Crippen molar-refractivity contribution in [2.24, 2.45) is 5.14 Å². The minimum absolute atomic E-state index is 0.0291. The van der Waals surface area contributed by atoms with Crippen LogP contribution in [0.4, 0.5) is 0 Å². The lowest BCUT2D eigenvalue weighted by atomic mass is 10.1. The van der Waals surface area contributed by atoms with Crippen molar-refractivity contribution in [3.63, 3.8) is 0 Å². The van der Waals surface area contributed by atoms with E-state index in [1.165, 1.54) is 24.3 Å². The van der Waals surface area contributed by atoms with Crippen molar-refractivity contribution >= 4 is 27.7 Å². The second-order valence-electron chi connectivity index (χ2n) is 5.71. The molecule has 134 valence electrons. The Balaban J connectivity index is 1.60. The number of rotatable bonds is 5. The van der Waals surface area contributed by atoms with Gasteiger partial charge in [-0.1, -0.05) is 24.3 Å². The maximum absolute atomic E-state index is 12.2. The lowest BCUT2D eigenvalue weighted by Gasteiger charge is -2.13. The number of sulfonamides is 1. The third-order valence-corrected chi connectivity index (χ3v) is 4.85. The van der Waals surface area contributed by atoms with Gasteiger partial charge >= 0.3 is 0 Å². The predicted octanol–water partition coefficient (Wildman–Crippen LogP) is 0.246. The number of imide groups is 1. The fourth-order valence-electron chi connectivity index (χ4n) is 2.58. The molecule has 3 N–H and O–H groups in total. The quantitative estimate of drug-likeness (QED) is 0.726. The van der Waals surface area contributed by atoms with Crippen LogP contribution in [0.2, 0.25) is 0 Å². The smallest absolute Gasteiger partial charge is 0.262 e. The van der Waals surface area contributed by atoms with Gasteiger partial charge in [-0.2, -0.15) is 0 Å². The number of amides is 3. The Labute approximate surface area is 149 Å². The number of hydrogen-bond acceptors (Lipinski definition) is 5. The molecule has 0 aliphatic carbocycles. The molecule has 0 aromatic heterocycles. The number of primary sulfonamides is 1. The summed E-state index contributed by atoms with van der Waals surface area (Å²) < 4.78 is 22.4. The summed E-state index contributed by atoms with van der Waals surface area (Å²) in [5.74, 6) is -1.51. The van der Waals surface area contributed by atoms with Gasteiger partial charge in [-0.3, -0.25) is 19.3 Å². The van der Waals surface area contributed by atoms with Crippen molar-refractivity contribution in [3.05, 3.63) is 65.2 Å². The number of nitrogens with two attached hydrogens (primary N) is 1. The molecule has 3 amide bonds. The Morgan fingerprint density at radius 2 is 1.50 bits per heavy atom. The number of fused-ring (bicyclic) bond motifs is 1. The number of hydrogen-bond donors (Lipinski definition) is 2. The molecule has 0 unspecified atom stereocenters. The van der Waals surface area contributed by atoms with Crippen LogP contribution in [-0.4, -0.2) is 37.6 Å². The molecule has 0 fully saturated rings. The maximum atomic E-state index is 12.2. The molecule has 26 heavy (non-hydrogen) atoms.